The second-order valence-electron chi connectivity index (χ2n) is 7.89. The first-order valence-electron chi connectivity index (χ1n) is 8.17. The monoisotopic (exact) mass is 288 g/mol. The van der Waals surface area contributed by atoms with Gasteiger partial charge in [-0.05, 0) is 54.3 Å². The van der Waals surface area contributed by atoms with Crippen LogP contribution in [-0.4, -0.2) is 23.7 Å². The Balaban J connectivity index is 1.58. The Morgan fingerprint density at radius 2 is 2.10 bits per heavy atom. The third-order valence-electron chi connectivity index (χ3n) is 7.40. The smallest absolute Gasteiger partial charge is 0.306 e. The van der Waals surface area contributed by atoms with Gasteiger partial charge in [0.25, 0.3) is 0 Å². The molecule has 0 radical (unpaired) electrons. The van der Waals surface area contributed by atoms with Gasteiger partial charge in [-0.3, -0.25) is 9.59 Å². The largest absolute Gasteiger partial charge is 0.481 e. The van der Waals surface area contributed by atoms with Crippen LogP contribution in [0.5, 0.6) is 0 Å². The summed E-state index contributed by atoms with van der Waals surface area (Å²) in [6, 6.07) is 0. The van der Waals surface area contributed by atoms with Crippen LogP contribution >= 0.6 is 0 Å². The first-order chi connectivity index (χ1) is 10.1. The van der Waals surface area contributed by atoms with E-state index < -0.39 is 5.97 Å². The van der Waals surface area contributed by atoms with Crippen LogP contribution in [0.1, 0.15) is 25.7 Å². The summed E-state index contributed by atoms with van der Waals surface area (Å²) in [5.74, 6) is 2.02. The third-order valence-corrected chi connectivity index (χ3v) is 7.40. The highest BCUT2D eigenvalue weighted by atomic mass is 16.5. The van der Waals surface area contributed by atoms with E-state index in [2.05, 4.69) is 12.2 Å². The van der Waals surface area contributed by atoms with Crippen molar-refractivity contribution in [3.63, 3.8) is 0 Å². The number of carbonyl (C=O) groups excluding carboxylic acids is 1. The van der Waals surface area contributed by atoms with Crippen LogP contribution in [0.3, 0.4) is 0 Å². The van der Waals surface area contributed by atoms with E-state index in [9.17, 15) is 14.7 Å². The van der Waals surface area contributed by atoms with Gasteiger partial charge >= 0.3 is 11.9 Å². The minimum Gasteiger partial charge on any atom is -0.481 e. The van der Waals surface area contributed by atoms with Crippen LogP contribution in [0.15, 0.2) is 12.2 Å². The summed E-state index contributed by atoms with van der Waals surface area (Å²) in [4.78, 5) is 23.3. The van der Waals surface area contributed by atoms with Crippen molar-refractivity contribution in [2.45, 2.75) is 25.7 Å². The number of ether oxygens (including phenoxy) is 1. The molecular weight excluding hydrogens is 268 g/mol. The zero-order valence-corrected chi connectivity index (χ0v) is 11.9. The van der Waals surface area contributed by atoms with Crippen molar-refractivity contribution in [3.05, 3.63) is 12.2 Å². The van der Waals surface area contributed by atoms with Gasteiger partial charge in [-0.1, -0.05) is 12.2 Å². The van der Waals surface area contributed by atoms with Crippen molar-refractivity contribution in [1.29, 1.82) is 0 Å². The summed E-state index contributed by atoms with van der Waals surface area (Å²) in [5.41, 5.74) is 0.0503. The molecule has 1 saturated heterocycles. The molecule has 0 amide bonds. The average Bonchev–Trinajstić information content (AvgIpc) is 3.22. The van der Waals surface area contributed by atoms with Crippen molar-refractivity contribution in [1.82, 2.24) is 0 Å². The van der Waals surface area contributed by atoms with Crippen LogP contribution in [0.4, 0.5) is 0 Å². The highest BCUT2D eigenvalue weighted by Gasteiger charge is 2.71. The topological polar surface area (TPSA) is 63.6 Å². The number of allylic oxidation sites excluding steroid dienone is 2. The molecule has 0 aromatic carbocycles. The molecule has 1 heterocycles. The van der Waals surface area contributed by atoms with Gasteiger partial charge in [0.1, 0.15) is 0 Å². The number of carboxylic acid groups (broad SMARTS) is 1. The number of rotatable bonds is 2. The maximum absolute atomic E-state index is 11.7. The fourth-order valence-corrected chi connectivity index (χ4v) is 6.91. The van der Waals surface area contributed by atoms with E-state index in [0.29, 0.717) is 42.6 Å². The molecule has 4 fully saturated rings. The SMILES string of the molecule is O=C1CC(C23CC(C(=O)O)C(C2)C2C4C=CC(C4)C23)CO1. The Morgan fingerprint density at radius 1 is 1.29 bits per heavy atom. The maximum atomic E-state index is 11.7. The molecule has 8 unspecified atom stereocenters. The maximum Gasteiger partial charge on any atom is 0.306 e. The van der Waals surface area contributed by atoms with Crippen LogP contribution in [0.2, 0.25) is 0 Å². The highest BCUT2D eigenvalue weighted by molar-refractivity contribution is 5.73. The average molecular weight is 288 g/mol. The molecule has 8 atom stereocenters. The molecule has 0 aromatic rings. The molecule has 4 heteroatoms. The van der Waals surface area contributed by atoms with Gasteiger partial charge in [0.15, 0.2) is 0 Å². The Morgan fingerprint density at radius 3 is 2.81 bits per heavy atom. The summed E-state index contributed by atoms with van der Waals surface area (Å²) in [6.07, 6.45) is 8.18. The van der Waals surface area contributed by atoms with Gasteiger partial charge in [0.2, 0.25) is 0 Å². The molecule has 0 aromatic heterocycles. The lowest BCUT2D eigenvalue weighted by Crippen LogP contribution is -2.43. The van der Waals surface area contributed by atoms with E-state index in [4.69, 9.17) is 4.74 Å². The second kappa shape index (κ2) is 3.71. The van der Waals surface area contributed by atoms with Gasteiger partial charge < -0.3 is 9.84 Å². The molecule has 1 aliphatic heterocycles. The highest BCUT2D eigenvalue weighted by Crippen LogP contribution is 2.74. The van der Waals surface area contributed by atoms with E-state index in [1.165, 1.54) is 6.42 Å². The van der Waals surface area contributed by atoms with Gasteiger partial charge in [0, 0.05) is 5.92 Å². The zero-order chi connectivity index (χ0) is 14.4. The van der Waals surface area contributed by atoms with Crippen molar-refractivity contribution in [2.75, 3.05) is 6.61 Å². The lowest BCUT2D eigenvalue weighted by molar-refractivity contribution is -0.146. The van der Waals surface area contributed by atoms with E-state index in [0.717, 1.165) is 12.8 Å². The Labute approximate surface area is 123 Å². The first kappa shape index (κ1) is 12.2. The van der Waals surface area contributed by atoms with E-state index in [1.807, 2.05) is 0 Å². The van der Waals surface area contributed by atoms with E-state index >= 15 is 0 Å². The Bertz CT molecular complexity index is 567. The van der Waals surface area contributed by atoms with E-state index in [-0.39, 0.29) is 23.2 Å². The quantitative estimate of drug-likeness (QED) is 0.480. The lowest BCUT2D eigenvalue weighted by atomic mass is 9.58. The molecule has 112 valence electrons. The van der Waals surface area contributed by atoms with Crippen LogP contribution < -0.4 is 0 Å². The normalized spacial score (nSPS) is 56.0. The number of hydrogen-bond donors (Lipinski definition) is 1. The number of carboxylic acids is 1. The third kappa shape index (κ3) is 1.32. The van der Waals surface area contributed by atoms with Gasteiger partial charge in [-0.15, -0.1) is 0 Å². The number of fused-ring (bicyclic) bond motifs is 9. The Hall–Kier alpha value is -1.32. The number of cyclic esters (lactones) is 1. The summed E-state index contributed by atoms with van der Waals surface area (Å²) < 4.78 is 5.24. The van der Waals surface area contributed by atoms with Gasteiger partial charge in [-0.2, -0.15) is 0 Å². The minimum atomic E-state index is -0.627. The van der Waals surface area contributed by atoms with Crippen molar-refractivity contribution >= 4 is 11.9 Å². The molecule has 0 spiro atoms. The predicted octanol–water partition coefficient (Wildman–Crippen LogP) is 2.10. The molecule has 5 rings (SSSR count). The predicted molar refractivity (Wildman–Crippen MR) is 73.1 cm³/mol. The fraction of sp³-hybridized carbons (Fsp3) is 0.765. The molecule has 4 nitrogen and oxygen atoms in total. The van der Waals surface area contributed by atoms with Gasteiger partial charge in [0.05, 0.1) is 18.9 Å². The minimum absolute atomic E-state index is 0.0503. The standard InChI is InChI=1S/C17H20O4/c18-13-4-10(7-21-13)17-5-11(12(6-17)16(19)20)14-8-1-2-9(3-8)15(14)17/h1-2,8-12,14-15H,3-7H2,(H,19,20). The summed E-state index contributed by atoms with van der Waals surface area (Å²) in [7, 11) is 0. The summed E-state index contributed by atoms with van der Waals surface area (Å²) in [5, 5.41) is 9.62. The lowest BCUT2D eigenvalue weighted by Gasteiger charge is -2.45. The summed E-state index contributed by atoms with van der Waals surface area (Å²) in [6.45, 7) is 0.516. The molecule has 4 bridgehead atoms. The fourth-order valence-electron chi connectivity index (χ4n) is 6.91. The molecule has 1 N–H and O–H groups in total. The Kier molecular flexibility index (Phi) is 2.16. The first-order valence-corrected chi connectivity index (χ1v) is 8.17. The number of aliphatic carboxylic acids is 1. The van der Waals surface area contributed by atoms with Crippen LogP contribution in [-0.2, 0) is 14.3 Å². The molecular formula is C17H20O4. The molecule has 3 saturated carbocycles. The second-order valence-corrected chi connectivity index (χ2v) is 7.89. The molecule has 5 aliphatic rings. The number of esters is 1. The summed E-state index contributed by atoms with van der Waals surface area (Å²) >= 11 is 0. The van der Waals surface area contributed by atoms with Gasteiger partial charge in [-0.25, -0.2) is 0 Å². The van der Waals surface area contributed by atoms with Crippen LogP contribution in [0.25, 0.3) is 0 Å². The van der Waals surface area contributed by atoms with Crippen LogP contribution in [0, 0.1) is 46.8 Å². The molecule has 4 aliphatic carbocycles. The zero-order valence-electron chi connectivity index (χ0n) is 11.9. The van der Waals surface area contributed by atoms with Crippen molar-refractivity contribution in [3.8, 4) is 0 Å². The van der Waals surface area contributed by atoms with Crippen molar-refractivity contribution in [2.24, 2.45) is 46.8 Å². The van der Waals surface area contributed by atoms with Crippen molar-refractivity contribution < 1.29 is 19.4 Å². The number of hydrogen-bond acceptors (Lipinski definition) is 3. The van der Waals surface area contributed by atoms with E-state index in [1.54, 1.807) is 0 Å². The number of carbonyl (C=O) groups is 2. The molecule has 21 heavy (non-hydrogen) atoms.